The normalized spacial score (nSPS) is 13.3. The van der Waals surface area contributed by atoms with Crippen LogP contribution < -0.4 is 10.3 Å². The molecule has 1 aliphatic heterocycles. The third-order valence-corrected chi connectivity index (χ3v) is 4.32. The van der Waals surface area contributed by atoms with Crippen molar-refractivity contribution in [1.82, 2.24) is 9.55 Å². The van der Waals surface area contributed by atoms with Gasteiger partial charge < -0.3 is 4.74 Å². The summed E-state index contributed by atoms with van der Waals surface area (Å²) in [6.45, 7) is 1.16. The van der Waals surface area contributed by atoms with E-state index < -0.39 is 0 Å². The van der Waals surface area contributed by atoms with Gasteiger partial charge in [0.05, 0.1) is 10.9 Å². The van der Waals surface area contributed by atoms with E-state index in [4.69, 9.17) is 16.3 Å². The van der Waals surface area contributed by atoms with Crippen molar-refractivity contribution in [1.29, 1.82) is 0 Å². The fraction of sp³-hybridized carbons (Fsp3) is 0.222. The average molecular weight is 327 g/mol. The van der Waals surface area contributed by atoms with Gasteiger partial charge in [-0.2, -0.15) is 0 Å². The van der Waals surface area contributed by atoms with Crippen molar-refractivity contribution < 1.29 is 4.74 Å². The van der Waals surface area contributed by atoms with E-state index in [2.05, 4.69) is 4.98 Å². The maximum atomic E-state index is 12.5. The van der Waals surface area contributed by atoms with Gasteiger partial charge in [0, 0.05) is 18.0 Å². The first-order valence-electron chi connectivity index (χ1n) is 7.61. The molecule has 0 atom stereocenters. The lowest BCUT2D eigenvalue weighted by molar-refractivity contribution is 0.306. The lowest BCUT2D eigenvalue weighted by atomic mass is 10.2. The van der Waals surface area contributed by atoms with Crippen molar-refractivity contribution >= 4 is 22.5 Å². The SMILES string of the molecule is O=c1c2cc(OCc3cccc(Cl)c3)ccc2nc2n1CCC2. The number of benzene rings is 2. The van der Waals surface area contributed by atoms with E-state index in [0.717, 1.165) is 36.3 Å². The average Bonchev–Trinajstić information content (AvgIpc) is 3.02. The topological polar surface area (TPSA) is 44.1 Å². The molecule has 0 spiro atoms. The molecular weight excluding hydrogens is 312 g/mol. The minimum absolute atomic E-state index is 0.0238. The maximum Gasteiger partial charge on any atom is 0.261 e. The van der Waals surface area contributed by atoms with E-state index in [1.807, 2.05) is 36.4 Å². The summed E-state index contributed by atoms with van der Waals surface area (Å²) >= 11 is 5.97. The van der Waals surface area contributed by atoms with E-state index in [1.165, 1.54) is 0 Å². The predicted molar refractivity (Wildman–Crippen MR) is 90.1 cm³/mol. The molecule has 3 aromatic rings. The smallest absolute Gasteiger partial charge is 0.261 e. The van der Waals surface area contributed by atoms with Crippen LogP contribution in [-0.2, 0) is 19.6 Å². The van der Waals surface area contributed by atoms with E-state index >= 15 is 0 Å². The van der Waals surface area contributed by atoms with Crippen LogP contribution in [0.2, 0.25) is 5.02 Å². The Morgan fingerprint density at radius 2 is 2.13 bits per heavy atom. The summed E-state index contributed by atoms with van der Waals surface area (Å²) in [5, 5.41) is 1.29. The van der Waals surface area contributed by atoms with Crippen molar-refractivity contribution in [3.05, 3.63) is 69.2 Å². The molecule has 0 radical (unpaired) electrons. The minimum Gasteiger partial charge on any atom is -0.489 e. The van der Waals surface area contributed by atoms with E-state index in [9.17, 15) is 4.79 Å². The first-order chi connectivity index (χ1) is 11.2. The van der Waals surface area contributed by atoms with Crippen molar-refractivity contribution in [3.8, 4) is 5.75 Å². The van der Waals surface area contributed by atoms with Crippen LogP contribution in [0.5, 0.6) is 5.75 Å². The second-order valence-electron chi connectivity index (χ2n) is 5.69. The highest BCUT2D eigenvalue weighted by Crippen LogP contribution is 2.21. The van der Waals surface area contributed by atoms with Gasteiger partial charge in [0.25, 0.3) is 5.56 Å². The zero-order valence-corrected chi connectivity index (χ0v) is 13.2. The van der Waals surface area contributed by atoms with Crippen LogP contribution in [0.1, 0.15) is 17.8 Å². The van der Waals surface area contributed by atoms with Crippen LogP contribution in [0.3, 0.4) is 0 Å². The zero-order chi connectivity index (χ0) is 15.8. The number of aryl methyl sites for hydroxylation is 1. The third-order valence-electron chi connectivity index (χ3n) is 4.08. The van der Waals surface area contributed by atoms with Crippen molar-refractivity contribution in [3.63, 3.8) is 0 Å². The quantitative estimate of drug-likeness (QED) is 0.739. The Kier molecular flexibility index (Phi) is 3.54. The standard InChI is InChI=1S/C18H15ClN2O2/c19-13-4-1-3-12(9-13)11-23-14-6-7-16-15(10-14)18(22)21-8-2-5-17(21)20-16/h1,3-4,6-7,9-10H,2,5,8,11H2. The molecule has 2 aromatic carbocycles. The molecule has 5 heteroatoms. The van der Waals surface area contributed by atoms with Gasteiger partial charge in [-0.1, -0.05) is 23.7 Å². The second kappa shape index (κ2) is 5.70. The second-order valence-corrected chi connectivity index (χ2v) is 6.12. The first kappa shape index (κ1) is 14.3. The molecule has 0 fully saturated rings. The Morgan fingerprint density at radius 1 is 1.22 bits per heavy atom. The lowest BCUT2D eigenvalue weighted by Crippen LogP contribution is -2.20. The number of halogens is 1. The number of fused-ring (bicyclic) bond motifs is 2. The van der Waals surface area contributed by atoms with Crippen molar-refractivity contribution in [2.24, 2.45) is 0 Å². The molecular formula is C18H15ClN2O2. The number of ether oxygens (including phenoxy) is 1. The monoisotopic (exact) mass is 326 g/mol. The molecule has 4 rings (SSSR count). The van der Waals surface area contributed by atoms with Crippen LogP contribution >= 0.6 is 11.6 Å². The van der Waals surface area contributed by atoms with Crippen LogP contribution in [0.4, 0.5) is 0 Å². The van der Waals surface area contributed by atoms with Gasteiger partial charge in [-0.05, 0) is 42.3 Å². The highest BCUT2D eigenvalue weighted by atomic mass is 35.5. The Morgan fingerprint density at radius 3 is 3.00 bits per heavy atom. The molecule has 116 valence electrons. The van der Waals surface area contributed by atoms with Crippen molar-refractivity contribution in [2.75, 3.05) is 0 Å². The van der Waals surface area contributed by atoms with Gasteiger partial charge >= 0.3 is 0 Å². The number of nitrogens with zero attached hydrogens (tertiary/aromatic N) is 2. The van der Waals surface area contributed by atoms with E-state index in [1.54, 1.807) is 10.6 Å². The highest BCUT2D eigenvalue weighted by molar-refractivity contribution is 6.30. The molecule has 0 amide bonds. The fourth-order valence-electron chi connectivity index (χ4n) is 2.95. The lowest BCUT2D eigenvalue weighted by Gasteiger charge is -2.09. The van der Waals surface area contributed by atoms with E-state index in [0.29, 0.717) is 22.8 Å². The van der Waals surface area contributed by atoms with Gasteiger partial charge in [0.15, 0.2) is 0 Å². The maximum absolute atomic E-state index is 12.5. The molecule has 4 nitrogen and oxygen atoms in total. The van der Waals surface area contributed by atoms with Crippen LogP contribution in [-0.4, -0.2) is 9.55 Å². The molecule has 0 saturated carbocycles. The molecule has 2 heterocycles. The third kappa shape index (κ3) is 2.70. The molecule has 1 aromatic heterocycles. The Hall–Kier alpha value is -2.33. The number of rotatable bonds is 3. The Bertz CT molecular complexity index is 949. The molecule has 0 unspecified atom stereocenters. The van der Waals surface area contributed by atoms with Gasteiger partial charge in [-0.3, -0.25) is 9.36 Å². The summed E-state index contributed by atoms with van der Waals surface area (Å²) in [5.41, 5.74) is 1.75. The largest absolute Gasteiger partial charge is 0.489 e. The highest BCUT2D eigenvalue weighted by Gasteiger charge is 2.16. The number of hydrogen-bond acceptors (Lipinski definition) is 3. The molecule has 0 bridgehead atoms. The van der Waals surface area contributed by atoms with Crippen LogP contribution in [0.15, 0.2) is 47.3 Å². The summed E-state index contributed by atoms with van der Waals surface area (Å²) in [5.74, 6) is 1.55. The fourth-order valence-corrected chi connectivity index (χ4v) is 3.16. The van der Waals surface area contributed by atoms with Gasteiger partial charge in [-0.25, -0.2) is 4.98 Å². The summed E-state index contributed by atoms with van der Waals surface area (Å²) in [7, 11) is 0. The molecule has 0 aliphatic carbocycles. The molecule has 0 N–H and O–H groups in total. The number of aromatic nitrogens is 2. The molecule has 23 heavy (non-hydrogen) atoms. The molecule has 1 aliphatic rings. The zero-order valence-electron chi connectivity index (χ0n) is 12.5. The summed E-state index contributed by atoms with van der Waals surface area (Å²) in [6.07, 6.45) is 1.86. The van der Waals surface area contributed by atoms with Crippen LogP contribution in [0.25, 0.3) is 10.9 Å². The predicted octanol–water partition coefficient (Wildman–Crippen LogP) is 3.58. The van der Waals surface area contributed by atoms with Crippen LogP contribution in [0, 0.1) is 0 Å². The number of hydrogen-bond donors (Lipinski definition) is 0. The Balaban J connectivity index is 1.65. The van der Waals surface area contributed by atoms with Crippen molar-refractivity contribution in [2.45, 2.75) is 26.0 Å². The summed E-state index contributed by atoms with van der Waals surface area (Å²) < 4.78 is 7.56. The minimum atomic E-state index is 0.0238. The Labute approximate surface area is 138 Å². The summed E-state index contributed by atoms with van der Waals surface area (Å²) in [6, 6.07) is 13.0. The first-order valence-corrected chi connectivity index (χ1v) is 7.99. The van der Waals surface area contributed by atoms with Gasteiger partial charge in [0.2, 0.25) is 0 Å². The molecule has 0 saturated heterocycles. The van der Waals surface area contributed by atoms with Gasteiger partial charge in [-0.15, -0.1) is 0 Å². The van der Waals surface area contributed by atoms with Gasteiger partial charge in [0.1, 0.15) is 18.2 Å². The summed E-state index contributed by atoms with van der Waals surface area (Å²) in [4.78, 5) is 17.1. The van der Waals surface area contributed by atoms with E-state index in [-0.39, 0.29) is 5.56 Å².